The predicted octanol–water partition coefficient (Wildman–Crippen LogP) is 1.74. The summed E-state index contributed by atoms with van der Waals surface area (Å²) in [6, 6.07) is 2.06. The number of carbonyl (C=O) groups is 1. The monoisotopic (exact) mass is 250 g/mol. The highest BCUT2D eigenvalue weighted by Crippen LogP contribution is 2.28. The van der Waals surface area contributed by atoms with Crippen molar-refractivity contribution in [2.75, 3.05) is 13.1 Å². The van der Waals surface area contributed by atoms with Crippen molar-refractivity contribution in [3.8, 4) is 0 Å². The van der Waals surface area contributed by atoms with Crippen molar-refractivity contribution in [2.45, 2.75) is 32.3 Å². The molecule has 0 aromatic carbocycles. The molecule has 1 aromatic rings. The summed E-state index contributed by atoms with van der Waals surface area (Å²) in [6.45, 7) is 3.07. The number of aliphatic hydroxyl groups excluding tert-OH is 1. The van der Waals surface area contributed by atoms with Gasteiger partial charge in [-0.3, -0.25) is 4.98 Å². The molecule has 0 spiro atoms. The van der Waals surface area contributed by atoms with E-state index in [-0.39, 0.29) is 6.61 Å². The molecule has 0 radical (unpaired) electrons. The minimum Gasteiger partial charge on any atom is -0.465 e. The molecule has 1 fully saturated rings. The Hall–Kier alpha value is -1.62. The van der Waals surface area contributed by atoms with Gasteiger partial charge in [0.1, 0.15) is 0 Å². The SMILES string of the molecule is Cc1cc(C2CCN(C(=O)O)CC2)cnc1CO. The van der Waals surface area contributed by atoms with Gasteiger partial charge in [-0.05, 0) is 36.8 Å². The number of likely N-dealkylation sites (tertiary alicyclic amines) is 1. The summed E-state index contributed by atoms with van der Waals surface area (Å²) in [6.07, 6.45) is 2.65. The number of aromatic nitrogens is 1. The number of carboxylic acid groups (broad SMARTS) is 1. The highest BCUT2D eigenvalue weighted by atomic mass is 16.4. The average molecular weight is 250 g/mol. The van der Waals surface area contributed by atoms with E-state index in [0.29, 0.717) is 24.7 Å². The molecular weight excluding hydrogens is 232 g/mol. The zero-order chi connectivity index (χ0) is 13.1. The second-order valence-electron chi connectivity index (χ2n) is 4.73. The molecule has 5 nitrogen and oxygen atoms in total. The van der Waals surface area contributed by atoms with Crippen molar-refractivity contribution in [3.63, 3.8) is 0 Å². The first-order chi connectivity index (χ1) is 8.61. The van der Waals surface area contributed by atoms with Crippen LogP contribution in [0.5, 0.6) is 0 Å². The van der Waals surface area contributed by atoms with Crippen molar-refractivity contribution in [1.82, 2.24) is 9.88 Å². The fourth-order valence-corrected chi connectivity index (χ4v) is 2.42. The zero-order valence-corrected chi connectivity index (χ0v) is 10.5. The third-order valence-corrected chi connectivity index (χ3v) is 3.59. The number of rotatable bonds is 2. The molecule has 1 aromatic heterocycles. The van der Waals surface area contributed by atoms with E-state index in [2.05, 4.69) is 11.1 Å². The van der Waals surface area contributed by atoms with Crippen LogP contribution in [0.25, 0.3) is 0 Å². The lowest BCUT2D eigenvalue weighted by Crippen LogP contribution is -2.36. The van der Waals surface area contributed by atoms with Gasteiger partial charge in [0, 0.05) is 19.3 Å². The maximum absolute atomic E-state index is 10.8. The zero-order valence-electron chi connectivity index (χ0n) is 10.5. The van der Waals surface area contributed by atoms with Crippen LogP contribution in [-0.2, 0) is 6.61 Å². The summed E-state index contributed by atoms with van der Waals surface area (Å²) >= 11 is 0. The second-order valence-corrected chi connectivity index (χ2v) is 4.73. The summed E-state index contributed by atoms with van der Waals surface area (Å²) in [5.41, 5.74) is 2.85. The van der Waals surface area contributed by atoms with Crippen molar-refractivity contribution in [2.24, 2.45) is 0 Å². The number of nitrogens with zero attached hydrogens (tertiary/aromatic N) is 2. The molecule has 98 valence electrons. The lowest BCUT2D eigenvalue weighted by molar-refractivity contribution is 0.132. The summed E-state index contributed by atoms with van der Waals surface area (Å²) in [5, 5.41) is 18.0. The number of hydrogen-bond donors (Lipinski definition) is 2. The summed E-state index contributed by atoms with van der Waals surface area (Å²) < 4.78 is 0. The summed E-state index contributed by atoms with van der Waals surface area (Å²) in [5.74, 6) is 0.375. The van der Waals surface area contributed by atoms with Crippen molar-refractivity contribution in [1.29, 1.82) is 0 Å². The number of hydrogen-bond acceptors (Lipinski definition) is 3. The molecule has 5 heteroatoms. The lowest BCUT2D eigenvalue weighted by atomic mass is 9.90. The minimum atomic E-state index is -0.835. The van der Waals surface area contributed by atoms with Gasteiger partial charge in [-0.1, -0.05) is 6.07 Å². The van der Waals surface area contributed by atoms with Gasteiger partial charge < -0.3 is 15.1 Å². The van der Waals surface area contributed by atoms with Gasteiger partial charge >= 0.3 is 6.09 Å². The lowest BCUT2D eigenvalue weighted by Gasteiger charge is -2.30. The molecule has 1 aliphatic heterocycles. The molecular formula is C13H18N2O3. The average Bonchev–Trinajstić information content (AvgIpc) is 2.38. The quantitative estimate of drug-likeness (QED) is 0.838. The summed E-state index contributed by atoms with van der Waals surface area (Å²) in [4.78, 5) is 16.5. The first-order valence-corrected chi connectivity index (χ1v) is 6.16. The number of aliphatic hydroxyl groups is 1. The minimum absolute atomic E-state index is 0.0381. The maximum Gasteiger partial charge on any atom is 0.407 e. The highest BCUT2D eigenvalue weighted by molar-refractivity contribution is 5.65. The molecule has 0 atom stereocenters. The van der Waals surface area contributed by atoms with Crippen LogP contribution < -0.4 is 0 Å². The van der Waals surface area contributed by atoms with Crippen LogP contribution in [0.1, 0.15) is 35.6 Å². The molecule has 0 bridgehead atoms. The molecule has 2 heterocycles. The van der Waals surface area contributed by atoms with Crippen LogP contribution in [0, 0.1) is 6.92 Å². The highest BCUT2D eigenvalue weighted by Gasteiger charge is 2.23. The smallest absolute Gasteiger partial charge is 0.407 e. The van der Waals surface area contributed by atoms with Crippen LogP contribution in [-0.4, -0.2) is 39.3 Å². The van der Waals surface area contributed by atoms with Gasteiger partial charge in [-0.25, -0.2) is 4.79 Å². The van der Waals surface area contributed by atoms with Gasteiger partial charge in [-0.15, -0.1) is 0 Å². The molecule has 0 saturated carbocycles. The Kier molecular flexibility index (Phi) is 3.81. The van der Waals surface area contributed by atoms with Crippen LogP contribution in [0.15, 0.2) is 12.3 Å². The standard InChI is InChI=1S/C13H18N2O3/c1-9-6-11(7-14-12(9)8-16)10-2-4-15(5-3-10)13(17)18/h6-7,10,16H,2-5,8H2,1H3,(H,17,18). The van der Waals surface area contributed by atoms with Gasteiger partial charge in [0.2, 0.25) is 0 Å². The number of piperidine rings is 1. The molecule has 1 amide bonds. The Morgan fingerprint density at radius 2 is 2.17 bits per heavy atom. The first-order valence-electron chi connectivity index (χ1n) is 6.16. The van der Waals surface area contributed by atoms with Crippen molar-refractivity contribution < 1.29 is 15.0 Å². The topological polar surface area (TPSA) is 73.7 Å². The van der Waals surface area contributed by atoms with Gasteiger partial charge in [0.05, 0.1) is 12.3 Å². The van der Waals surface area contributed by atoms with Crippen LogP contribution >= 0.6 is 0 Å². The van der Waals surface area contributed by atoms with E-state index in [0.717, 1.165) is 24.0 Å². The van der Waals surface area contributed by atoms with Gasteiger partial charge in [0.15, 0.2) is 0 Å². The number of aryl methyl sites for hydroxylation is 1. The number of amides is 1. The fraction of sp³-hybridized carbons (Fsp3) is 0.538. The van der Waals surface area contributed by atoms with Crippen LogP contribution in [0.3, 0.4) is 0 Å². The Bertz CT molecular complexity index is 440. The molecule has 2 rings (SSSR count). The van der Waals surface area contributed by atoms with E-state index in [1.165, 1.54) is 4.90 Å². The van der Waals surface area contributed by atoms with Crippen LogP contribution in [0.4, 0.5) is 4.79 Å². The van der Waals surface area contributed by atoms with E-state index < -0.39 is 6.09 Å². The third kappa shape index (κ3) is 2.61. The second kappa shape index (κ2) is 5.35. The molecule has 2 N–H and O–H groups in total. The third-order valence-electron chi connectivity index (χ3n) is 3.59. The van der Waals surface area contributed by atoms with E-state index in [1.54, 1.807) is 6.20 Å². The Labute approximate surface area is 106 Å². The van der Waals surface area contributed by atoms with Crippen molar-refractivity contribution >= 4 is 6.09 Å². The normalized spacial score (nSPS) is 16.9. The van der Waals surface area contributed by atoms with E-state index in [1.807, 2.05) is 6.92 Å². The van der Waals surface area contributed by atoms with Gasteiger partial charge in [0.25, 0.3) is 0 Å². The molecule has 1 aliphatic rings. The first kappa shape index (κ1) is 12.8. The predicted molar refractivity (Wildman–Crippen MR) is 66.5 cm³/mol. The summed E-state index contributed by atoms with van der Waals surface area (Å²) in [7, 11) is 0. The van der Waals surface area contributed by atoms with Crippen molar-refractivity contribution in [3.05, 3.63) is 29.1 Å². The Balaban J connectivity index is 2.05. The molecule has 0 unspecified atom stereocenters. The Morgan fingerprint density at radius 3 is 2.67 bits per heavy atom. The van der Waals surface area contributed by atoms with E-state index in [4.69, 9.17) is 10.2 Å². The molecule has 18 heavy (non-hydrogen) atoms. The largest absolute Gasteiger partial charge is 0.465 e. The molecule has 1 saturated heterocycles. The number of pyridine rings is 1. The van der Waals surface area contributed by atoms with E-state index in [9.17, 15) is 4.79 Å². The maximum atomic E-state index is 10.8. The molecule has 0 aliphatic carbocycles. The van der Waals surface area contributed by atoms with Crippen LogP contribution in [0.2, 0.25) is 0 Å². The Morgan fingerprint density at radius 1 is 1.50 bits per heavy atom. The van der Waals surface area contributed by atoms with E-state index >= 15 is 0 Å². The fourth-order valence-electron chi connectivity index (χ4n) is 2.42. The van der Waals surface area contributed by atoms with Gasteiger partial charge in [-0.2, -0.15) is 0 Å².